The summed E-state index contributed by atoms with van der Waals surface area (Å²) < 4.78 is 0.946. The van der Waals surface area contributed by atoms with Gasteiger partial charge in [-0.1, -0.05) is 23.4 Å². The summed E-state index contributed by atoms with van der Waals surface area (Å²) in [6.07, 6.45) is 2.63. The number of aryl methyl sites for hydroxylation is 1. The highest BCUT2D eigenvalue weighted by atomic mass is 79.9. The second-order valence-electron chi connectivity index (χ2n) is 3.58. The van der Waals surface area contributed by atoms with Crippen LogP contribution in [-0.2, 0) is 0 Å². The van der Waals surface area contributed by atoms with Crippen molar-refractivity contribution in [3.05, 3.63) is 52.1 Å². The molecule has 0 amide bonds. The lowest BCUT2D eigenvalue weighted by atomic mass is 10.2. The second kappa shape index (κ2) is 5.47. The maximum absolute atomic E-state index is 11.0. The van der Waals surface area contributed by atoms with Crippen LogP contribution in [-0.4, -0.2) is 11.3 Å². The van der Waals surface area contributed by atoms with Crippen molar-refractivity contribution in [3.63, 3.8) is 0 Å². The topological polar surface area (TPSA) is 30.0 Å². The summed E-state index contributed by atoms with van der Waals surface area (Å²) in [5.74, 6) is 0. The van der Waals surface area contributed by atoms with Gasteiger partial charge in [-0.3, -0.25) is 4.79 Å². The summed E-state index contributed by atoms with van der Waals surface area (Å²) in [6.45, 7) is 1.97. The van der Waals surface area contributed by atoms with Crippen LogP contribution in [0.3, 0.4) is 0 Å². The molecule has 0 spiro atoms. The molecule has 1 heterocycles. The first-order chi connectivity index (χ1) is 8.19. The highest BCUT2D eigenvalue weighted by molar-refractivity contribution is 9.10. The Morgan fingerprint density at radius 3 is 2.76 bits per heavy atom. The average Bonchev–Trinajstić information content (AvgIpc) is 2.34. The molecule has 0 aliphatic heterocycles. The summed E-state index contributed by atoms with van der Waals surface area (Å²) in [4.78, 5) is 16.2. The van der Waals surface area contributed by atoms with Crippen LogP contribution in [0.5, 0.6) is 0 Å². The molecule has 4 heteroatoms. The van der Waals surface area contributed by atoms with E-state index in [0.717, 1.165) is 26.2 Å². The molecule has 0 N–H and O–H groups in total. The van der Waals surface area contributed by atoms with E-state index in [9.17, 15) is 4.79 Å². The van der Waals surface area contributed by atoms with Crippen molar-refractivity contribution in [1.29, 1.82) is 0 Å². The Morgan fingerprint density at radius 2 is 2.12 bits per heavy atom. The first-order valence-electron chi connectivity index (χ1n) is 5.04. The first kappa shape index (κ1) is 12.3. The van der Waals surface area contributed by atoms with Crippen LogP contribution in [0.25, 0.3) is 0 Å². The molecule has 2 aromatic rings. The van der Waals surface area contributed by atoms with Crippen molar-refractivity contribution in [3.8, 4) is 0 Å². The van der Waals surface area contributed by atoms with Crippen molar-refractivity contribution < 1.29 is 4.79 Å². The van der Waals surface area contributed by atoms with Gasteiger partial charge in [-0.2, -0.15) is 0 Å². The van der Waals surface area contributed by atoms with E-state index in [4.69, 9.17) is 0 Å². The zero-order valence-corrected chi connectivity index (χ0v) is 11.6. The van der Waals surface area contributed by atoms with E-state index in [1.54, 1.807) is 6.20 Å². The summed E-state index contributed by atoms with van der Waals surface area (Å²) in [5, 5.41) is 0.875. The number of aromatic nitrogens is 1. The van der Waals surface area contributed by atoms with Gasteiger partial charge in [0.1, 0.15) is 5.03 Å². The Hall–Kier alpha value is -1.13. The van der Waals surface area contributed by atoms with Crippen LogP contribution in [0.15, 0.2) is 50.9 Å². The van der Waals surface area contributed by atoms with Gasteiger partial charge in [0.2, 0.25) is 0 Å². The fraction of sp³-hybridized carbons (Fsp3) is 0.0769. The number of carbonyl (C=O) groups is 1. The summed E-state index contributed by atoms with van der Waals surface area (Å²) in [7, 11) is 0. The molecule has 0 aliphatic rings. The minimum absolute atomic E-state index is 0.708. The summed E-state index contributed by atoms with van der Waals surface area (Å²) in [5.41, 5.74) is 1.79. The third-order valence-corrected chi connectivity index (χ3v) is 3.72. The zero-order chi connectivity index (χ0) is 12.3. The molecule has 17 heavy (non-hydrogen) atoms. The Balaban J connectivity index is 2.29. The van der Waals surface area contributed by atoms with Gasteiger partial charge >= 0.3 is 0 Å². The second-order valence-corrected chi connectivity index (χ2v) is 5.55. The molecular weight excluding hydrogens is 298 g/mol. The van der Waals surface area contributed by atoms with Crippen molar-refractivity contribution in [2.75, 3.05) is 0 Å². The molecule has 1 aromatic carbocycles. The number of halogens is 1. The summed E-state index contributed by atoms with van der Waals surface area (Å²) in [6, 6.07) is 9.68. The fourth-order valence-electron chi connectivity index (χ4n) is 1.39. The molecule has 0 aliphatic carbocycles. The maximum atomic E-state index is 11.0. The summed E-state index contributed by atoms with van der Waals surface area (Å²) >= 11 is 4.83. The van der Waals surface area contributed by atoms with Crippen LogP contribution in [0.1, 0.15) is 15.9 Å². The molecule has 1 aromatic heterocycles. The van der Waals surface area contributed by atoms with Crippen molar-refractivity contribution in [1.82, 2.24) is 4.98 Å². The molecule has 0 bridgehead atoms. The predicted molar refractivity (Wildman–Crippen MR) is 72.6 cm³/mol. The molecule has 0 fully saturated rings. The van der Waals surface area contributed by atoms with Crippen LogP contribution in [0.4, 0.5) is 0 Å². The van der Waals surface area contributed by atoms with E-state index >= 15 is 0 Å². The Kier molecular flexibility index (Phi) is 3.97. The van der Waals surface area contributed by atoms with Crippen LogP contribution in [0.2, 0.25) is 0 Å². The number of carbonyl (C=O) groups excluding carboxylic acids is 1. The highest BCUT2D eigenvalue weighted by Gasteiger charge is 2.05. The van der Waals surface area contributed by atoms with Gasteiger partial charge in [0.05, 0.1) is 0 Å². The number of benzene rings is 1. The number of hydrogen-bond acceptors (Lipinski definition) is 3. The largest absolute Gasteiger partial charge is 0.298 e. The van der Waals surface area contributed by atoms with Gasteiger partial charge < -0.3 is 0 Å². The number of nitrogens with zero attached hydrogens (tertiary/aromatic N) is 1. The van der Waals surface area contributed by atoms with Gasteiger partial charge in [-0.05, 0) is 47.1 Å². The van der Waals surface area contributed by atoms with E-state index in [2.05, 4.69) is 20.9 Å². The molecule has 86 valence electrons. The van der Waals surface area contributed by atoms with Crippen LogP contribution >= 0.6 is 27.7 Å². The van der Waals surface area contributed by atoms with E-state index in [0.29, 0.717) is 5.56 Å². The predicted octanol–water partition coefficient (Wildman–Crippen LogP) is 4.12. The Bertz CT molecular complexity index is 540. The number of pyridine rings is 1. The van der Waals surface area contributed by atoms with Gasteiger partial charge in [0.25, 0.3) is 0 Å². The van der Waals surface area contributed by atoms with E-state index < -0.39 is 0 Å². The average molecular weight is 308 g/mol. The smallest absolute Gasteiger partial charge is 0.151 e. The number of aldehydes is 1. The molecule has 0 saturated carbocycles. The molecule has 0 radical (unpaired) electrons. The van der Waals surface area contributed by atoms with Gasteiger partial charge in [-0.15, -0.1) is 0 Å². The van der Waals surface area contributed by atoms with Crippen molar-refractivity contribution in [2.24, 2.45) is 0 Å². The van der Waals surface area contributed by atoms with E-state index in [-0.39, 0.29) is 0 Å². The minimum atomic E-state index is 0.708. The lowest BCUT2D eigenvalue weighted by Gasteiger charge is -2.05. The van der Waals surface area contributed by atoms with E-state index in [1.807, 2.05) is 37.3 Å². The quantitative estimate of drug-likeness (QED) is 0.799. The van der Waals surface area contributed by atoms with Crippen LogP contribution in [0, 0.1) is 6.92 Å². The molecule has 0 unspecified atom stereocenters. The lowest BCUT2D eigenvalue weighted by Crippen LogP contribution is -1.87. The van der Waals surface area contributed by atoms with Gasteiger partial charge in [0.15, 0.2) is 6.29 Å². The maximum Gasteiger partial charge on any atom is 0.151 e. The number of rotatable bonds is 3. The zero-order valence-electron chi connectivity index (χ0n) is 9.18. The third-order valence-electron chi connectivity index (χ3n) is 2.21. The van der Waals surface area contributed by atoms with Gasteiger partial charge in [0, 0.05) is 21.1 Å². The monoisotopic (exact) mass is 307 g/mol. The van der Waals surface area contributed by atoms with Crippen LogP contribution < -0.4 is 0 Å². The van der Waals surface area contributed by atoms with Crippen molar-refractivity contribution in [2.45, 2.75) is 16.8 Å². The lowest BCUT2D eigenvalue weighted by molar-refractivity contribution is 0.112. The first-order valence-corrected chi connectivity index (χ1v) is 6.65. The molecule has 0 atom stereocenters. The highest BCUT2D eigenvalue weighted by Crippen LogP contribution is 2.29. The standard InChI is InChI=1S/C13H10BrNOS/c1-9-2-4-12(10(6-9)8-16)17-13-5-3-11(14)7-15-13/h2-8H,1H3. The Labute approximate surface area is 113 Å². The molecule has 2 rings (SSSR count). The molecular formula is C13H10BrNOS. The van der Waals surface area contributed by atoms with E-state index in [1.165, 1.54) is 11.8 Å². The SMILES string of the molecule is Cc1ccc(Sc2ccc(Br)cn2)c(C=O)c1. The number of hydrogen-bond donors (Lipinski definition) is 0. The Morgan fingerprint density at radius 1 is 1.29 bits per heavy atom. The molecule has 0 saturated heterocycles. The minimum Gasteiger partial charge on any atom is -0.298 e. The normalized spacial score (nSPS) is 10.2. The molecule has 2 nitrogen and oxygen atoms in total. The fourth-order valence-corrected chi connectivity index (χ4v) is 2.45. The van der Waals surface area contributed by atoms with Crippen molar-refractivity contribution >= 4 is 34.0 Å². The van der Waals surface area contributed by atoms with Gasteiger partial charge in [-0.25, -0.2) is 4.98 Å². The third kappa shape index (κ3) is 3.17.